The summed E-state index contributed by atoms with van der Waals surface area (Å²) >= 11 is 0. The molecule has 0 bridgehead atoms. The van der Waals surface area contributed by atoms with Crippen molar-refractivity contribution in [3.05, 3.63) is 11.8 Å². The smallest absolute Gasteiger partial charge is 0.290 e. The second kappa shape index (κ2) is 4.40. The third kappa shape index (κ3) is 2.58. The molecule has 1 heterocycles. The highest BCUT2D eigenvalue weighted by atomic mass is 16.6. The Morgan fingerprint density at radius 2 is 2.43 bits per heavy atom. The summed E-state index contributed by atoms with van der Waals surface area (Å²) in [5.74, 6) is -1.01. The number of carbonyl (C=O) groups excluding carboxylic acids is 2. The number of hydrogen-bond donors (Lipinski definition) is 2. The number of hydrogen-bond acceptors (Lipinski definition) is 4. The van der Waals surface area contributed by atoms with E-state index in [2.05, 4.69) is 15.3 Å². The topological polar surface area (TPSA) is 93.8 Å². The first-order valence-corrected chi connectivity index (χ1v) is 4.10. The van der Waals surface area contributed by atoms with Crippen molar-refractivity contribution >= 4 is 18.0 Å². The first kappa shape index (κ1) is 10.2. The molecule has 3 N–H and O–H groups in total. The van der Waals surface area contributed by atoms with Crippen molar-refractivity contribution in [2.24, 2.45) is 10.9 Å². The lowest BCUT2D eigenvalue weighted by Crippen LogP contribution is -2.43. The largest absolute Gasteiger partial charge is 0.368 e. The van der Waals surface area contributed by atoms with Gasteiger partial charge in [0, 0.05) is 12.6 Å². The summed E-state index contributed by atoms with van der Waals surface area (Å²) in [6.07, 6.45) is 3.62. The van der Waals surface area contributed by atoms with Crippen molar-refractivity contribution in [1.82, 2.24) is 5.32 Å². The van der Waals surface area contributed by atoms with Crippen LogP contribution >= 0.6 is 0 Å². The molecule has 0 aromatic heterocycles. The number of nitrogens with one attached hydrogen (secondary N) is 1. The lowest BCUT2D eigenvalue weighted by Gasteiger charge is -2.11. The zero-order valence-electron chi connectivity index (χ0n) is 7.69. The third-order valence-corrected chi connectivity index (χ3v) is 1.63. The van der Waals surface area contributed by atoms with E-state index in [4.69, 9.17) is 5.73 Å². The van der Waals surface area contributed by atoms with Gasteiger partial charge >= 0.3 is 0 Å². The minimum atomic E-state index is -0.724. The first-order valence-electron chi connectivity index (χ1n) is 4.10. The van der Waals surface area contributed by atoms with Crippen LogP contribution in [-0.2, 0) is 14.4 Å². The van der Waals surface area contributed by atoms with E-state index in [0.29, 0.717) is 6.42 Å². The quantitative estimate of drug-likeness (QED) is 0.624. The molecule has 1 atom stereocenters. The minimum absolute atomic E-state index is 0.0839. The molecule has 0 spiro atoms. The van der Waals surface area contributed by atoms with Gasteiger partial charge in [0.25, 0.3) is 5.91 Å². The molecule has 0 saturated heterocycles. The average molecular weight is 197 g/mol. The lowest BCUT2D eigenvalue weighted by molar-refractivity contribution is -0.126. The molecule has 6 nitrogen and oxygen atoms in total. The molecule has 6 heteroatoms. The van der Waals surface area contributed by atoms with Crippen LogP contribution in [0.15, 0.2) is 17.0 Å². The van der Waals surface area contributed by atoms with Crippen LogP contribution in [0.2, 0.25) is 0 Å². The van der Waals surface area contributed by atoms with Crippen LogP contribution in [0.25, 0.3) is 0 Å². The van der Waals surface area contributed by atoms with Crippen LogP contribution in [0.1, 0.15) is 13.3 Å². The number of nitrogens with two attached hydrogens (primary N) is 1. The Bertz CT molecular complexity index is 309. The van der Waals surface area contributed by atoms with Gasteiger partial charge in [0.2, 0.25) is 11.7 Å². The van der Waals surface area contributed by atoms with Crippen LogP contribution < -0.4 is 11.1 Å². The Kier molecular flexibility index (Phi) is 3.22. The van der Waals surface area contributed by atoms with Crippen LogP contribution in [0.4, 0.5) is 0 Å². The molecule has 1 unspecified atom stereocenters. The second-order valence-corrected chi connectivity index (χ2v) is 2.78. The SMILES string of the molecule is CC(NC(=O)C1=CCC=NO1)C(N)=O. The van der Waals surface area contributed by atoms with Crippen molar-refractivity contribution < 1.29 is 14.4 Å². The van der Waals surface area contributed by atoms with Crippen molar-refractivity contribution in [3.63, 3.8) is 0 Å². The number of primary amides is 1. The molecular formula is C8H11N3O3. The van der Waals surface area contributed by atoms with Gasteiger partial charge in [-0.05, 0) is 13.0 Å². The third-order valence-electron chi connectivity index (χ3n) is 1.63. The molecule has 0 aliphatic carbocycles. The summed E-state index contributed by atoms with van der Waals surface area (Å²) in [5, 5.41) is 5.83. The van der Waals surface area contributed by atoms with E-state index in [1.54, 1.807) is 6.08 Å². The van der Waals surface area contributed by atoms with E-state index in [-0.39, 0.29) is 5.76 Å². The van der Waals surface area contributed by atoms with Gasteiger partial charge < -0.3 is 15.9 Å². The zero-order chi connectivity index (χ0) is 10.6. The monoisotopic (exact) mass is 197 g/mol. The molecule has 0 radical (unpaired) electrons. The number of carbonyl (C=O) groups is 2. The first-order chi connectivity index (χ1) is 6.61. The fourth-order valence-electron chi connectivity index (χ4n) is 0.807. The Morgan fingerprint density at radius 1 is 1.71 bits per heavy atom. The Balaban J connectivity index is 2.50. The summed E-state index contributed by atoms with van der Waals surface area (Å²) in [4.78, 5) is 26.6. The van der Waals surface area contributed by atoms with E-state index in [1.165, 1.54) is 13.1 Å². The van der Waals surface area contributed by atoms with Gasteiger partial charge in [-0.1, -0.05) is 5.16 Å². The molecule has 76 valence electrons. The molecule has 0 fully saturated rings. The molecular weight excluding hydrogens is 186 g/mol. The van der Waals surface area contributed by atoms with Crippen LogP contribution in [0, 0.1) is 0 Å². The molecule has 2 amide bonds. The number of nitrogens with zero attached hydrogens (tertiary/aromatic N) is 1. The average Bonchev–Trinajstić information content (AvgIpc) is 2.19. The van der Waals surface area contributed by atoms with Crippen molar-refractivity contribution in [2.45, 2.75) is 19.4 Å². The number of oxime groups is 1. The summed E-state index contributed by atoms with van der Waals surface area (Å²) < 4.78 is 0. The van der Waals surface area contributed by atoms with Crippen LogP contribution in [0.5, 0.6) is 0 Å². The van der Waals surface area contributed by atoms with Gasteiger partial charge in [-0.15, -0.1) is 0 Å². The zero-order valence-corrected chi connectivity index (χ0v) is 7.69. The van der Waals surface area contributed by atoms with Gasteiger partial charge in [0.05, 0.1) is 0 Å². The second-order valence-electron chi connectivity index (χ2n) is 2.78. The Labute approximate surface area is 80.8 Å². The summed E-state index contributed by atoms with van der Waals surface area (Å²) in [6.45, 7) is 1.49. The van der Waals surface area contributed by atoms with Crippen molar-refractivity contribution in [2.75, 3.05) is 0 Å². The van der Waals surface area contributed by atoms with Crippen LogP contribution in [0.3, 0.4) is 0 Å². The van der Waals surface area contributed by atoms with Crippen molar-refractivity contribution in [1.29, 1.82) is 0 Å². The highest BCUT2D eigenvalue weighted by Gasteiger charge is 2.17. The van der Waals surface area contributed by atoms with Gasteiger partial charge in [-0.3, -0.25) is 9.59 Å². The van der Waals surface area contributed by atoms with E-state index < -0.39 is 17.9 Å². The molecule has 1 rings (SSSR count). The summed E-state index contributed by atoms with van der Waals surface area (Å²) in [5.41, 5.74) is 4.97. The Morgan fingerprint density at radius 3 is 2.93 bits per heavy atom. The van der Waals surface area contributed by atoms with Gasteiger partial charge in [-0.25, -0.2) is 0 Å². The predicted molar refractivity (Wildman–Crippen MR) is 49.1 cm³/mol. The van der Waals surface area contributed by atoms with Crippen molar-refractivity contribution in [3.8, 4) is 0 Å². The number of rotatable bonds is 3. The van der Waals surface area contributed by atoms with E-state index >= 15 is 0 Å². The van der Waals surface area contributed by atoms with Gasteiger partial charge in [0.1, 0.15) is 6.04 Å². The lowest BCUT2D eigenvalue weighted by atomic mass is 10.3. The molecule has 14 heavy (non-hydrogen) atoms. The standard InChI is InChI=1S/C8H11N3O3/c1-5(7(9)12)11-8(13)6-3-2-4-10-14-6/h3-5H,2H2,1H3,(H2,9,12)(H,11,13). The van der Waals surface area contributed by atoms with E-state index in [1.807, 2.05) is 0 Å². The molecule has 0 saturated carbocycles. The maximum atomic E-state index is 11.3. The summed E-state index contributed by atoms with van der Waals surface area (Å²) in [7, 11) is 0. The maximum absolute atomic E-state index is 11.3. The van der Waals surface area contributed by atoms with E-state index in [9.17, 15) is 9.59 Å². The van der Waals surface area contributed by atoms with E-state index in [0.717, 1.165) is 0 Å². The highest BCUT2D eigenvalue weighted by Crippen LogP contribution is 2.04. The van der Waals surface area contributed by atoms with Crippen LogP contribution in [-0.4, -0.2) is 24.1 Å². The highest BCUT2D eigenvalue weighted by molar-refractivity contribution is 5.95. The minimum Gasteiger partial charge on any atom is -0.368 e. The summed E-state index contributed by atoms with van der Waals surface area (Å²) in [6, 6.07) is -0.724. The number of allylic oxidation sites excluding steroid dienone is 1. The van der Waals surface area contributed by atoms with Gasteiger partial charge in [0.15, 0.2) is 0 Å². The molecule has 1 aliphatic rings. The Hall–Kier alpha value is -1.85. The fraction of sp³-hybridized carbons (Fsp3) is 0.375. The number of amides is 2. The fourth-order valence-corrected chi connectivity index (χ4v) is 0.807. The van der Waals surface area contributed by atoms with Gasteiger partial charge in [-0.2, -0.15) is 0 Å². The maximum Gasteiger partial charge on any atom is 0.290 e. The molecule has 0 aromatic rings. The molecule has 1 aliphatic heterocycles. The molecule has 0 aromatic carbocycles. The normalized spacial score (nSPS) is 16.5. The predicted octanol–water partition coefficient (Wildman–Crippen LogP) is -0.734.